The molecule has 142 valence electrons. The molecule has 3 aromatic carbocycles. The van der Waals surface area contributed by atoms with Gasteiger partial charge in [0.25, 0.3) is 0 Å². The van der Waals surface area contributed by atoms with E-state index in [2.05, 4.69) is 0 Å². The van der Waals surface area contributed by atoms with Crippen LogP contribution in [0.15, 0.2) is 77.2 Å². The molecule has 0 N–H and O–H groups in total. The second kappa shape index (κ2) is 6.68. The van der Waals surface area contributed by atoms with E-state index in [9.17, 15) is 9.59 Å². The van der Waals surface area contributed by atoms with E-state index in [1.807, 2.05) is 43.3 Å². The van der Waals surface area contributed by atoms with Gasteiger partial charge in [-0.25, -0.2) is 4.40 Å². The molecule has 1 aliphatic heterocycles. The Balaban J connectivity index is 1.74. The van der Waals surface area contributed by atoms with E-state index < -0.39 is 10.7 Å². The first-order valence-corrected chi connectivity index (χ1v) is 10.5. The summed E-state index contributed by atoms with van der Waals surface area (Å²) >= 11 is 7.36. The predicted molar refractivity (Wildman–Crippen MR) is 117 cm³/mol. The number of nitrogens with zero attached hydrogens (tertiary/aromatic N) is 1. The smallest absolute Gasteiger partial charge is 0.185 e. The molecule has 0 saturated carbocycles. The van der Waals surface area contributed by atoms with E-state index in [0.29, 0.717) is 21.9 Å². The quantitative estimate of drug-likeness (QED) is 0.385. The number of Topliss-reactive ketones (excluding diaryl/α,β-unsaturated/α-hetero) is 2. The minimum Gasteiger partial charge on any atom is -0.292 e. The minimum absolute atomic E-state index is 0.178. The molecule has 3 aromatic rings. The van der Waals surface area contributed by atoms with Gasteiger partial charge in [-0.15, -0.1) is 0 Å². The van der Waals surface area contributed by atoms with Gasteiger partial charge in [0.05, 0.1) is 11.0 Å². The highest BCUT2D eigenvalue weighted by Crippen LogP contribution is 2.58. The molecule has 1 atom stereocenters. The maximum absolute atomic E-state index is 13.8. The summed E-state index contributed by atoms with van der Waals surface area (Å²) in [6, 6.07) is 22.2. The van der Waals surface area contributed by atoms with Crippen molar-refractivity contribution in [1.29, 1.82) is 0 Å². The van der Waals surface area contributed by atoms with Gasteiger partial charge in [-0.2, -0.15) is 0 Å². The number of carbonyl (C=O) groups excluding carboxylic acids is 2. The van der Waals surface area contributed by atoms with E-state index in [-0.39, 0.29) is 11.6 Å². The number of benzene rings is 3. The summed E-state index contributed by atoms with van der Waals surface area (Å²) in [6.45, 7) is 2.00. The van der Waals surface area contributed by atoms with Gasteiger partial charge in [0, 0.05) is 16.1 Å². The highest BCUT2D eigenvalue weighted by atomic mass is 35.5. The number of halogens is 1. The first kappa shape index (κ1) is 18.3. The van der Waals surface area contributed by atoms with Crippen LogP contribution in [-0.4, -0.2) is 17.3 Å². The normalized spacial score (nSPS) is 19.5. The second-order valence-corrected chi connectivity index (χ2v) is 8.66. The third kappa shape index (κ3) is 2.56. The van der Waals surface area contributed by atoms with Crippen molar-refractivity contribution in [2.24, 2.45) is 9.81 Å². The summed E-state index contributed by atoms with van der Waals surface area (Å²) < 4.78 is 4.69. The number of ketones is 2. The zero-order valence-electron chi connectivity index (χ0n) is 15.6. The Morgan fingerprint density at radius 3 is 2.03 bits per heavy atom. The monoisotopic (exact) mass is 417 g/mol. The topological polar surface area (TPSA) is 46.5 Å². The summed E-state index contributed by atoms with van der Waals surface area (Å²) in [5.41, 5.74) is 2.88. The molecular weight excluding hydrogens is 402 g/mol. The van der Waals surface area contributed by atoms with Gasteiger partial charge in [0.15, 0.2) is 17.0 Å². The van der Waals surface area contributed by atoms with E-state index in [1.165, 1.54) is 11.9 Å². The third-order valence-electron chi connectivity index (χ3n) is 5.65. The lowest BCUT2D eigenvalue weighted by Crippen LogP contribution is -2.43. The van der Waals surface area contributed by atoms with Crippen molar-refractivity contribution in [2.45, 2.75) is 12.2 Å². The Hall–Kier alpha value is -2.69. The Morgan fingerprint density at radius 1 is 0.862 bits per heavy atom. The maximum Gasteiger partial charge on any atom is 0.185 e. The number of fused-ring (bicyclic) bond motifs is 1. The summed E-state index contributed by atoms with van der Waals surface area (Å²) in [6.07, 6.45) is 0. The number of hydrogen-bond acceptors (Lipinski definition) is 4. The molecule has 1 spiro atoms. The second-order valence-electron chi connectivity index (χ2n) is 7.35. The zero-order chi connectivity index (χ0) is 20.2. The van der Waals surface area contributed by atoms with Crippen LogP contribution in [0.3, 0.4) is 0 Å². The van der Waals surface area contributed by atoms with Gasteiger partial charge in [-0.1, -0.05) is 77.8 Å². The van der Waals surface area contributed by atoms with Crippen LogP contribution >= 0.6 is 23.5 Å². The van der Waals surface area contributed by atoms with E-state index in [0.717, 1.165) is 16.7 Å². The molecule has 0 amide bonds. The van der Waals surface area contributed by atoms with Crippen LogP contribution in [0.4, 0.5) is 0 Å². The Labute approximate surface area is 178 Å². The molecule has 1 aliphatic carbocycles. The number of hydrogen-bond donors (Lipinski definition) is 0. The van der Waals surface area contributed by atoms with Crippen molar-refractivity contribution in [1.82, 2.24) is 0 Å². The van der Waals surface area contributed by atoms with Gasteiger partial charge >= 0.3 is 0 Å². The van der Waals surface area contributed by atoms with Crippen LogP contribution in [0.5, 0.6) is 0 Å². The van der Waals surface area contributed by atoms with E-state index in [4.69, 9.17) is 16.0 Å². The lowest BCUT2D eigenvalue weighted by molar-refractivity contribution is 0.0782. The lowest BCUT2D eigenvalue weighted by atomic mass is 9.70. The molecule has 1 heterocycles. The summed E-state index contributed by atoms with van der Waals surface area (Å²) in [4.78, 5) is 27.6. The molecule has 0 aromatic heterocycles. The third-order valence-corrected chi connectivity index (χ3v) is 7.02. The van der Waals surface area contributed by atoms with Crippen LogP contribution in [0.2, 0.25) is 5.02 Å². The largest absolute Gasteiger partial charge is 0.292 e. The molecule has 5 heteroatoms. The van der Waals surface area contributed by atoms with Crippen molar-refractivity contribution in [3.8, 4) is 0 Å². The molecular formula is C24H16ClNO2S. The minimum atomic E-state index is -1.36. The molecule has 0 radical (unpaired) electrons. The fourth-order valence-electron chi connectivity index (χ4n) is 4.18. The number of carbonyl (C=O) groups is 2. The molecule has 0 bridgehead atoms. The maximum atomic E-state index is 13.8. The standard InChI is InChI=1S/C24H16ClNO2S/c1-14-6-8-15(9-7-14)20-24(21(27)18-4-2-3-5-19(18)22(24)28)23(29-26-20)16-10-12-17(25)13-11-16/h2-13,23H,1H3. The van der Waals surface area contributed by atoms with Gasteiger partial charge in [0.2, 0.25) is 0 Å². The first-order valence-electron chi connectivity index (χ1n) is 9.29. The first-order chi connectivity index (χ1) is 14.0. The number of aryl methyl sites for hydroxylation is 1. The average molecular weight is 418 g/mol. The van der Waals surface area contributed by atoms with Crippen LogP contribution in [0.25, 0.3) is 0 Å². The molecule has 0 saturated heterocycles. The van der Waals surface area contributed by atoms with Crippen LogP contribution < -0.4 is 0 Å². The van der Waals surface area contributed by atoms with Crippen LogP contribution in [0.1, 0.15) is 42.7 Å². The fraction of sp³-hybridized carbons (Fsp3) is 0.125. The van der Waals surface area contributed by atoms with Gasteiger partial charge in [-0.05, 0) is 42.1 Å². The van der Waals surface area contributed by atoms with Gasteiger partial charge in [-0.3, -0.25) is 9.59 Å². The van der Waals surface area contributed by atoms with Crippen LogP contribution in [-0.2, 0) is 0 Å². The summed E-state index contributed by atoms with van der Waals surface area (Å²) in [7, 11) is 0. The van der Waals surface area contributed by atoms with Crippen molar-refractivity contribution >= 4 is 40.8 Å². The Morgan fingerprint density at radius 2 is 1.45 bits per heavy atom. The molecule has 0 fully saturated rings. The van der Waals surface area contributed by atoms with Crippen molar-refractivity contribution < 1.29 is 9.59 Å². The highest BCUT2D eigenvalue weighted by Gasteiger charge is 2.64. The average Bonchev–Trinajstić information content (AvgIpc) is 3.23. The summed E-state index contributed by atoms with van der Waals surface area (Å²) in [5.74, 6) is -0.357. The Bertz CT molecular complexity index is 1150. The fourth-order valence-corrected chi connectivity index (χ4v) is 5.53. The molecule has 2 aliphatic rings. The zero-order valence-corrected chi connectivity index (χ0v) is 17.1. The van der Waals surface area contributed by atoms with Gasteiger partial charge in [0.1, 0.15) is 0 Å². The van der Waals surface area contributed by atoms with Gasteiger partial charge < -0.3 is 0 Å². The molecule has 1 unspecified atom stereocenters. The van der Waals surface area contributed by atoms with Crippen molar-refractivity contribution in [3.05, 3.63) is 106 Å². The van der Waals surface area contributed by atoms with Crippen molar-refractivity contribution in [2.75, 3.05) is 0 Å². The predicted octanol–water partition coefficient (Wildman–Crippen LogP) is 5.91. The van der Waals surface area contributed by atoms with Crippen LogP contribution in [0, 0.1) is 12.3 Å². The summed E-state index contributed by atoms with van der Waals surface area (Å²) in [5, 5.41) is 0.168. The molecule has 5 rings (SSSR count). The highest BCUT2D eigenvalue weighted by molar-refractivity contribution is 7.99. The molecule has 3 nitrogen and oxygen atoms in total. The van der Waals surface area contributed by atoms with E-state index >= 15 is 0 Å². The van der Waals surface area contributed by atoms with E-state index in [1.54, 1.807) is 36.4 Å². The van der Waals surface area contributed by atoms with Crippen molar-refractivity contribution in [3.63, 3.8) is 0 Å². The SMILES string of the molecule is Cc1ccc(C2=NSC(c3ccc(Cl)cc3)C23C(=O)c2ccccc2C3=O)cc1. The lowest BCUT2D eigenvalue weighted by Gasteiger charge is -2.29. The number of rotatable bonds is 2. The Kier molecular flexibility index (Phi) is 4.23. The molecule has 29 heavy (non-hydrogen) atoms.